The van der Waals surface area contributed by atoms with Crippen molar-refractivity contribution in [2.24, 2.45) is 0 Å². The van der Waals surface area contributed by atoms with Crippen LogP contribution in [0.15, 0.2) is 36.8 Å². The predicted octanol–water partition coefficient (Wildman–Crippen LogP) is 2.12. The minimum Gasteiger partial charge on any atom is -0.368 e. The monoisotopic (exact) mass is 242 g/mol. The summed E-state index contributed by atoms with van der Waals surface area (Å²) in [6, 6.07) is 6.13. The van der Waals surface area contributed by atoms with Gasteiger partial charge in [-0.3, -0.25) is 9.97 Å². The van der Waals surface area contributed by atoms with E-state index in [2.05, 4.69) is 9.97 Å². The van der Waals surface area contributed by atoms with Gasteiger partial charge in [-0.25, -0.2) is 4.39 Å². The van der Waals surface area contributed by atoms with Crippen LogP contribution in [0.3, 0.4) is 0 Å². The van der Waals surface area contributed by atoms with Gasteiger partial charge in [-0.1, -0.05) is 0 Å². The zero-order valence-corrected chi connectivity index (χ0v) is 9.84. The van der Waals surface area contributed by atoms with Gasteiger partial charge in [0.1, 0.15) is 11.9 Å². The van der Waals surface area contributed by atoms with Gasteiger partial charge >= 0.3 is 0 Å². The maximum atomic E-state index is 13.0. The van der Waals surface area contributed by atoms with Crippen LogP contribution in [0.5, 0.6) is 0 Å². The molecular weight excluding hydrogens is 231 g/mol. The molecule has 0 aliphatic heterocycles. The fourth-order valence-corrected chi connectivity index (χ4v) is 1.67. The van der Waals surface area contributed by atoms with Crippen LogP contribution in [0.25, 0.3) is 0 Å². The van der Waals surface area contributed by atoms with Crippen molar-refractivity contribution >= 4 is 5.69 Å². The van der Waals surface area contributed by atoms with Crippen LogP contribution in [-0.2, 0) is 6.54 Å². The lowest BCUT2D eigenvalue weighted by molar-refractivity contribution is 0.627. The first-order valence-electron chi connectivity index (χ1n) is 5.36. The molecule has 0 aliphatic rings. The molecule has 2 rings (SSSR count). The van der Waals surface area contributed by atoms with Gasteiger partial charge in [0, 0.05) is 19.4 Å². The average molecular weight is 242 g/mol. The van der Waals surface area contributed by atoms with E-state index in [0.29, 0.717) is 17.8 Å². The van der Waals surface area contributed by atoms with Crippen molar-refractivity contribution in [2.45, 2.75) is 6.54 Å². The number of anilines is 1. The van der Waals surface area contributed by atoms with E-state index in [1.807, 2.05) is 18.0 Å². The van der Waals surface area contributed by atoms with Crippen molar-refractivity contribution in [1.29, 1.82) is 5.26 Å². The first-order valence-corrected chi connectivity index (χ1v) is 5.36. The van der Waals surface area contributed by atoms with E-state index in [1.54, 1.807) is 24.7 Å². The molecule has 0 radical (unpaired) electrons. The Morgan fingerprint density at radius 2 is 2.22 bits per heavy atom. The highest BCUT2D eigenvalue weighted by molar-refractivity contribution is 5.58. The van der Waals surface area contributed by atoms with E-state index in [0.717, 1.165) is 5.69 Å². The third kappa shape index (κ3) is 2.61. The molecule has 0 amide bonds. The average Bonchev–Trinajstić information content (AvgIpc) is 2.39. The number of hydrogen-bond acceptors (Lipinski definition) is 4. The van der Waals surface area contributed by atoms with Gasteiger partial charge in [-0.15, -0.1) is 0 Å². The summed E-state index contributed by atoms with van der Waals surface area (Å²) >= 11 is 0. The van der Waals surface area contributed by atoms with E-state index in [4.69, 9.17) is 5.26 Å². The van der Waals surface area contributed by atoms with E-state index in [9.17, 15) is 4.39 Å². The summed E-state index contributed by atoms with van der Waals surface area (Å²) < 4.78 is 13.0. The van der Waals surface area contributed by atoms with Crippen molar-refractivity contribution in [2.75, 3.05) is 11.9 Å². The van der Waals surface area contributed by atoms with Gasteiger partial charge in [0.25, 0.3) is 0 Å². The smallest absolute Gasteiger partial charge is 0.124 e. The molecule has 5 heteroatoms. The van der Waals surface area contributed by atoms with Crippen LogP contribution in [0, 0.1) is 17.1 Å². The number of halogens is 1. The summed E-state index contributed by atoms with van der Waals surface area (Å²) in [4.78, 5) is 9.97. The quantitative estimate of drug-likeness (QED) is 0.827. The minimum atomic E-state index is -0.414. The molecule has 0 fully saturated rings. The van der Waals surface area contributed by atoms with E-state index < -0.39 is 5.82 Å². The normalized spacial score (nSPS) is 9.83. The van der Waals surface area contributed by atoms with E-state index in [-0.39, 0.29) is 0 Å². The fraction of sp³-hybridized carbons (Fsp3) is 0.154. The van der Waals surface area contributed by atoms with Crippen LogP contribution >= 0.6 is 0 Å². The number of benzene rings is 1. The molecule has 0 aliphatic carbocycles. The lowest BCUT2D eigenvalue weighted by atomic mass is 10.1. The second kappa shape index (κ2) is 5.23. The highest BCUT2D eigenvalue weighted by Crippen LogP contribution is 2.20. The second-order valence-corrected chi connectivity index (χ2v) is 3.83. The van der Waals surface area contributed by atoms with Crippen molar-refractivity contribution in [3.8, 4) is 6.07 Å². The number of aromatic nitrogens is 2. The second-order valence-electron chi connectivity index (χ2n) is 3.83. The summed E-state index contributed by atoms with van der Waals surface area (Å²) in [5.41, 5.74) is 1.76. The third-order valence-corrected chi connectivity index (χ3v) is 2.51. The van der Waals surface area contributed by atoms with Gasteiger partial charge in [-0.05, 0) is 18.2 Å². The summed E-state index contributed by atoms with van der Waals surface area (Å²) in [7, 11) is 1.82. The zero-order valence-electron chi connectivity index (χ0n) is 9.84. The summed E-state index contributed by atoms with van der Waals surface area (Å²) in [5, 5.41) is 8.99. The van der Waals surface area contributed by atoms with E-state index >= 15 is 0 Å². The molecule has 1 aromatic carbocycles. The van der Waals surface area contributed by atoms with Crippen LogP contribution in [0.2, 0.25) is 0 Å². The molecule has 4 nitrogen and oxygen atoms in total. The summed E-state index contributed by atoms with van der Waals surface area (Å²) in [6.07, 6.45) is 4.87. The van der Waals surface area contributed by atoms with Gasteiger partial charge in [0.05, 0.1) is 29.7 Å². The Morgan fingerprint density at radius 1 is 1.39 bits per heavy atom. The Morgan fingerprint density at radius 3 is 2.89 bits per heavy atom. The molecule has 1 aromatic heterocycles. The highest BCUT2D eigenvalue weighted by Gasteiger charge is 2.09. The Hall–Kier alpha value is -2.48. The molecule has 90 valence electrons. The lowest BCUT2D eigenvalue weighted by Gasteiger charge is -2.19. The molecule has 0 N–H and O–H groups in total. The summed E-state index contributed by atoms with van der Waals surface area (Å²) in [6.45, 7) is 0.508. The first-order chi connectivity index (χ1) is 8.70. The molecule has 2 aromatic rings. The molecule has 0 atom stereocenters. The number of nitrogens with zero attached hydrogens (tertiary/aromatic N) is 4. The van der Waals surface area contributed by atoms with Crippen LogP contribution in [0.4, 0.5) is 10.1 Å². The SMILES string of the molecule is CN(Cc1cnccn1)c1ccc(F)cc1C#N. The van der Waals surface area contributed by atoms with Crippen molar-refractivity contribution in [3.05, 3.63) is 53.9 Å². The molecule has 18 heavy (non-hydrogen) atoms. The maximum Gasteiger partial charge on any atom is 0.124 e. The zero-order chi connectivity index (χ0) is 13.0. The standard InChI is InChI=1S/C13H11FN4/c1-18(9-12-8-16-4-5-17-12)13-3-2-11(14)6-10(13)7-15/h2-6,8H,9H2,1H3. The van der Waals surface area contributed by atoms with E-state index in [1.165, 1.54) is 12.1 Å². The Kier molecular flexibility index (Phi) is 3.49. The van der Waals surface area contributed by atoms with Gasteiger partial charge in [-0.2, -0.15) is 5.26 Å². The molecule has 1 heterocycles. The maximum absolute atomic E-state index is 13.0. The van der Waals surface area contributed by atoms with Crippen LogP contribution in [0.1, 0.15) is 11.3 Å². The number of hydrogen-bond donors (Lipinski definition) is 0. The topological polar surface area (TPSA) is 52.8 Å². The minimum absolute atomic E-state index is 0.307. The first kappa shape index (κ1) is 12.0. The molecule has 0 spiro atoms. The molecule has 0 bridgehead atoms. The Labute approximate surface area is 104 Å². The predicted molar refractivity (Wildman–Crippen MR) is 65.3 cm³/mol. The van der Waals surface area contributed by atoms with Crippen molar-refractivity contribution in [1.82, 2.24) is 9.97 Å². The number of nitriles is 1. The van der Waals surface area contributed by atoms with Crippen LogP contribution < -0.4 is 4.90 Å². The largest absolute Gasteiger partial charge is 0.368 e. The molecule has 0 saturated carbocycles. The van der Waals surface area contributed by atoms with Gasteiger partial charge < -0.3 is 4.90 Å². The van der Waals surface area contributed by atoms with Crippen LogP contribution in [-0.4, -0.2) is 17.0 Å². The van der Waals surface area contributed by atoms with Gasteiger partial charge in [0.15, 0.2) is 0 Å². The fourth-order valence-electron chi connectivity index (χ4n) is 1.67. The third-order valence-electron chi connectivity index (χ3n) is 2.51. The number of rotatable bonds is 3. The van der Waals surface area contributed by atoms with Crippen molar-refractivity contribution in [3.63, 3.8) is 0 Å². The Balaban J connectivity index is 2.24. The molecular formula is C13H11FN4. The van der Waals surface area contributed by atoms with Crippen molar-refractivity contribution < 1.29 is 4.39 Å². The van der Waals surface area contributed by atoms with Gasteiger partial charge in [0.2, 0.25) is 0 Å². The molecule has 0 unspecified atom stereocenters. The Bertz CT molecular complexity index is 577. The highest BCUT2D eigenvalue weighted by atomic mass is 19.1. The molecule has 0 saturated heterocycles. The lowest BCUT2D eigenvalue weighted by Crippen LogP contribution is -2.18. The summed E-state index contributed by atoms with van der Waals surface area (Å²) in [5.74, 6) is -0.414.